The molecule has 0 aliphatic rings. The van der Waals surface area contributed by atoms with Crippen LogP contribution in [0.25, 0.3) is 0 Å². The van der Waals surface area contributed by atoms with Gasteiger partial charge < -0.3 is 9.84 Å². The molecule has 0 bridgehead atoms. The number of carbonyl (C=O) groups excluding carboxylic acids is 1. The zero-order valence-electron chi connectivity index (χ0n) is 15.7. The summed E-state index contributed by atoms with van der Waals surface area (Å²) in [5, 5.41) is 10.5. The normalized spacial score (nSPS) is 11.4. The molecule has 0 spiro atoms. The Kier molecular flexibility index (Phi) is 7.75. The molecule has 0 saturated carbocycles. The number of carbonyl (C=O) groups is 1. The van der Waals surface area contributed by atoms with Crippen molar-refractivity contribution in [2.24, 2.45) is 0 Å². The van der Waals surface area contributed by atoms with E-state index in [1.54, 1.807) is 6.07 Å². The molecule has 28 heavy (non-hydrogen) atoms. The van der Waals surface area contributed by atoms with Crippen LogP contribution in [0, 0.1) is 0 Å². The van der Waals surface area contributed by atoms with Crippen molar-refractivity contribution in [1.29, 1.82) is 0 Å². The summed E-state index contributed by atoms with van der Waals surface area (Å²) in [5.41, 5.74) is 0.796. The van der Waals surface area contributed by atoms with Gasteiger partial charge in [-0.1, -0.05) is 42.6 Å². The van der Waals surface area contributed by atoms with E-state index in [-0.39, 0.29) is 50.8 Å². The third kappa shape index (κ3) is 5.19. The lowest BCUT2D eigenvalue weighted by molar-refractivity contribution is 0.101. The second-order valence-electron chi connectivity index (χ2n) is 6.32. The zero-order chi connectivity index (χ0) is 20.9. The third-order valence-electron chi connectivity index (χ3n) is 4.19. The largest absolute Gasteiger partial charge is 0.507 e. The fourth-order valence-corrected chi connectivity index (χ4v) is 4.89. The molecule has 8 heteroatoms. The van der Waals surface area contributed by atoms with Crippen LogP contribution in [-0.4, -0.2) is 31.7 Å². The molecular formula is C20H22Cl2O5S. The van der Waals surface area contributed by atoms with Crippen LogP contribution in [-0.2, 0) is 16.3 Å². The van der Waals surface area contributed by atoms with Crippen molar-refractivity contribution in [3.05, 3.63) is 51.5 Å². The van der Waals surface area contributed by atoms with Crippen LogP contribution in [0.5, 0.6) is 11.5 Å². The lowest BCUT2D eigenvalue weighted by Gasteiger charge is -2.15. The van der Waals surface area contributed by atoms with E-state index < -0.39 is 9.84 Å². The van der Waals surface area contributed by atoms with Gasteiger partial charge in [-0.2, -0.15) is 0 Å². The Morgan fingerprint density at radius 3 is 2.54 bits per heavy atom. The van der Waals surface area contributed by atoms with Gasteiger partial charge in [-0.25, -0.2) is 8.42 Å². The maximum absolute atomic E-state index is 12.5. The smallest absolute Gasteiger partial charge is 0.180 e. The van der Waals surface area contributed by atoms with Gasteiger partial charge in [-0.3, -0.25) is 4.79 Å². The van der Waals surface area contributed by atoms with E-state index in [4.69, 9.17) is 27.9 Å². The van der Waals surface area contributed by atoms with Crippen LogP contribution in [0.1, 0.15) is 42.6 Å². The minimum atomic E-state index is -3.60. The minimum Gasteiger partial charge on any atom is -0.507 e. The Bertz CT molecular complexity index is 971. The van der Waals surface area contributed by atoms with Crippen molar-refractivity contribution in [3.63, 3.8) is 0 Å². The molecule has 2 aromatic carbocycles. The second-order valence-corrected chi connectivity index (χ2v) is 9.18. The molecular weight excluding hydrogens is 423 g/mol. The average molecular weight is 445 g/mol. The molecule has 2 aromatic rings. The average Bonchev–Trinajstić information content (AvgIpc) is 2.63. The van der Waals surface area contributed by atoms with Gasteiger partial charge in [-0.15, -0.1) is 0 Å². The molecule has 0 amide bonds. The lowest BCUT2D eigenvalue weighted by atomic mass is 10.0. The predicted molar refractivity (Wildman–Crippen MR) is 111 cm³/mol. The first-order chi connectivity index (χ1) is 13.2. The number of hydrogen-bond donors (Lipinski definition) is 1. The van der Waals surface area contributed by atoms with E-state index in [2.05, 4.69) is 0 Å². The first kappa shape index (κ1) is 22.5. The number of halogens is 2. The number of phenolic OH excluding ortho intramolecular Hbond substituents is 1. The molecule has 2 rings (SSSR count). The van der Waals surface area contributed by atoms with Crippen molar-refractivity contribution >= 4 is 38.8 Å². The summed E-state index contributed by atoms with van der Waals surface area (Å²) in [6, 6.07) is 7.62. The van der Waals surface area contributed by atoms with Gasteiger partial charge in [0.05, 0.1) is 32.9 Å². The van der Waals surface area contributed by atoms with Crippen LogP contribution in [0.15, 0.2) is 35.2 Å². The fraction of sp³-hybridized carbons (Fsp3) is 0.350. The van der Waals surface area contributed by atoms with Gasteiger partial charge in [-0.05, 0) is 44.0 Å². The van der Waals surface area contributed by atoms with Crippen LogP contribution in [0.4, 0.5) is 0 Å². The number of aromatic hydroxyl groups is 1. The van der Waals surface area contributed by atoms with Crippen LogP contribution >= 0.6 is 23.2 Å². The summed E-state index contributed by atoms with van der Waals surface area (Å²) in [6.07, 6.45) is 1.53. The summed E-state index contributed by atoms with van der Waals surface area (Å²) >= 11 is 11.9. The Balaban J connectivity index is 2.08. The molecule has 1 N–H and O–H groups in total. The first-order valence-electron chi connectivity index (χ1n) is 8.84. The molecule has 0 saturated heterocycles. The highest BCUT2D eigenvalue weighted by molar-refractivity contribution is 7.91. The Morgan fingerprint density at radius 1 is 1.18 bits per heavy atom. The second kappa shape index (κ2) is 9.63. The molecule has 0 fully saturated rings. The highest BCUT2D eigenvalue weighted by Crippen LogP contribution is 2.33. The van der Waals surface area contributed by atoms with Crippen molar-refractivity contribution in [3.8, 4) is 11.5 Å². The van der Waals surface area contributed by atoms with Crippen molar-refractivity contribution in [1.82, 2.24) is 0 Å². The number of ether oxygens (including phenoxy) is 1. The van der Waals surface area contributed by atoms with Crippen LogP contribution < -0.4 is 4.74 Å². The van der Waals surface area contributed by atoms with E-state index in [0.717, 1.165) is 6.42 Å². The van der Waals surface area contributed by atoms with Gasteiger partial charge >= 0.3 is 0 Å². The maximum Gasteiger partial charge on any atom is 0.180 e. The molecule has 0 aliphatic carbocycles. The van der Waals surface area contributed by atoms with Gasteiger partial charge in [0.15, 0.2) is 15.6 Å². The maximum atomic E-state index is 12.5. The molecule has 5 nitrogen and oxygen atoms in total. The molecule has 0 heterocycles. The highest BCUT2D eigenvalue weighted by atomic mass is 35.5. The van der Waals surface area contributed by atoms with Gasteiger partial charge in [0.25, 0.3) is 0 Å². The fourth-order valence-electron chi connectivity index (χ4n) is 2.79. The molecule has 152 valence electrons. The number of rotatable bonds is 9. The van der Waals surface area contributed by atoms with Gasteiger partial charge in [0.1, 0.15) is 11.5 Å². The Labute approximate surface area is 175 Å². The standard InChI is InChI=1S/C20H22Cl2O5S/c1-3-6-15-17(10-9-14(13(2)23)20(15)24)27-11-5-12-28(25,26)18-8-4-7-16(21)19(18)22/h4,7-10,24H,3,5-6,11-12H2,1-2H3. The van der Waals surface area contributed by atoms with Crippen molar-refractivity contribution < 1.29 is 23.1 Å². The van der Waals surface area contributed by atoms with Crippen LogP contribution in [0.2, 0.25) is 10.0 Å². The zero-order valence-corrected chi connectivity index (χ0v) is 18.0. The van der Waals surface area contributed by atoms with Crippen LogP contribution in [0.3, 0.4) is 0 Å². The number of phenols is 1. The van der Waals surface area contributed by atoms with E-state index in [1.807, 2.05) is 6.92 Å². The third-order valence-corrected chi connectivity index (χ3v) is 6.95. The highest BCUT2D eigenvalue weighted by Gasteiger charge is 2.20. The number of benzene rings is 2. The monoisotopic (exact) mass is 444 g/mol. The lowest BCUT2D eigenvalue weighted by Crippen LogP contribution is -2.12. The Hall–Kier alpha value is -1.76. The minimum absolute atomic E-state index is 0.00297. The van der Waals surface area contributed by atoms with E-state index >= 15 is 0 Å². The SMILES string of the molecule is CCCc1c(OCCCS(=O)(=O)c2cccc(Cl)c2Cl)ccc(C(C)=O)c1O. The summed E-state index contributed by atoms with van der Waals surface area (Å²) in [7, 11) is -3.60. The van der Waals surface area contributed by atoms with Crippen molar-refractivity contribution in [2.75, 3.05) is 12.4 Å². The van der Waals surface area contributed by atoms with Crippen molar-refractivity contribution in [2.45, 2.75) is 38.0 Å². The van der Waals surface area contributed by atoms with E-state index in [9.17, 15) is 18.3 Å². The molecule has 0 unspecified atom stereocenters. The number of sulfone groups is 1. The molecule has 0 aromatic heterocycles. The quantitative estimate of drug-likeness (QED) is 0.429. The van der Waals surface area contributed by atoms with E-state index in [0.29, 0.717) is 17.7 Å². The number of ketones is 1. The number of Topliss-reactive ketones (excluding diaryl/α,β-unsaturated/α-hetero) is 1. The molecule has 0 aliphatic heterocycles. The summed E-state index contributed by atoms with van der Waals surface area (Å²) in [4.78, 5) is 11.6. The predicted octanol–water partition coefficient (Wildman–Crippen LogP) is 5.10. The topological polar surface area (TPSA) is 80.7 Å². The summed E-state index contributed by atoms with van der Waals surface area (Å²) in [6.45, 7) is 3.47. The summed E-state index contributed by atoms with van der Waals surface area (Å²) in [5.74, 6) is -0.0214. The molecule has 0 radical (unpaired) electrons. The number of hydrogen-bond acceptors (Lipinski definition) is 5. The van der Waals surface area contributed by atoms with Gasteiger partial charge in [0, 0.05) is 5.56 Å². The van der Waals surface area contributed by atoms with E-state index in [1.165, 1.54) is 31.2 Å². The summed E-state index contributed by atoms with van der Waals surface area (Å²) < 4.78 is 30.7. The van der Waals surface area contributed by atoms with Gasteiger partial charge in [0.2, 0.25) is 0 Å². The Morgan fingerprint density at radius 2 is 1.89 bits per heavy atom. The molecule has 0 atom stereocenters. The first-order valence-corrected chi connectivity index (χ1v) is 11.2.